The molecule has 0 saturated carbocycles. The maximum absolute atomic E-state index is 9.30. The summed E-state index contributed by atoms with van der Waals surface area (Å²) in [6.45, 7) is 8.69. The van der Waals surface area contributed by atoms with Crippen molar-refractivity contribution >= 4 is 0 Å². The summed E-state index contributed by atoms with van der Waals surface area (Å²) in [5.41, 5.74) is 2.54. The third-order valence-electron chi connectivity index (χ3n) is 3.12. The average molecular weight is 192 g/mol. The second-order valence-corrected chi connectivity index (χ2v) is 4.78. The van der Waals surface area contributed by atoms with E-state index in [4.69, 9.17) is 0 Å². The predicted molar refractivity (Wildman–Crippen MR) is 60.5 cm³/mol. The molecular weight excluding hydrogens is 172 g/mol. The third kappa shape index (κ3) is 2.36. The standard InChI is InChI=1S/C13H20O/c1-10-6-5-7-12(8-10)11(2)13(3,4)9-14/h5-8,11,14H,9H2,1-4H3. The lowest BCUT2D eigenvalue weighted by atomic mass is 9.76. The molecule has 1 unspecified atom stereocenters. The Morgan fingerprint density at radius 1 is 1.36 bits per heavy atom. The molecule has 0 spiro atoms. The number of rotatable bonds is 3. The molecule has 0 fully saturated rings. The highest BCUT2D eigenvalue weighted by molar-refractivity contribution is 5.26. The van der Waals surface area contributed by atoms with Gasteiger partial charge in [0.25, 0.3) is 0 Å². The van der Waals surface area contributed by atoms with Gasteiger partial charge in [-0.1, -0.05) is 50.6 Å². The van der Waals surface area contributed by atoms with Gasteiger partial charge in [-0.05, 0) is 23.8 Å². The van der Waals surface area contributed by atoms with E-state index in [1.807, 2.05) is 0 Å². The van der Waals surface area contributed by atoms with Crippen molar-refractivity contribution in [3.63, 3.8) is 0 Å². The first-order chi connectivity index (χ1) is 6.47. The molecule has 0 radical (unpaired) electrons. The first-order valence-corrected chi connectivity index (χ1v) is 5.15. The van der Waals surface area contributed by atoms with E-state index in [-0.39, 0.29) is 12.0 Å². The molecular formula is C13H20O. The molecule has 0 aliphatic carbocycles. The topological polar surface area (TPSA) is 20.2 Å². The van der Waals surface area contributed by atoms with Crippen LogP contribution in [0.1, 0.15) is 37.8 Å². The first kappa shape index (κ1) is 11.3. The summed E-state index contributed by atoms with van der Waals surface area (Å²) < 4.78 is 0. The minimum atomic E-state index is -0.0478. The second kappa shape index (κ2) is 4.14. The largest absolute Gasteiger partial charge is 0.396 e. The number of aliphatic hydroxyl groups excluding tert-OH is 1. The van der Waals surface area contributed by atoms with Crippen LogP contribution in [0.3, 0.4) is 0 Å². The lowest BCUT2D eigenvalue weighted by Crippen LogP contribution is -2.24. The quantitative estimate of drug-likeness (QED) is 0.780. The van der Waals surface area contributed by atoms with Crippen LogP contribution in [0, 0.1) is 12.3 Å². The fraction of sp³-hybridized carbons (Fsp3) is 0.538. The Hall–Kier alpha value is -0.820. The van der Waals surface area contributed by atoms with Crippen LogP contribution in [-0.2, 0) is 0 Å². The number of hydrogen-bond acceptors (Lipinski definition) is 1. The van der Waals surface area contributed by atoms with Gasteiger partial charge in [-0.25, -0.2) is 0 Å². The number of benzene rings is 1. The Morgan fingerprint density at radius 3 is 2.50 bits per heavy atom. The molecule has 1 N–H and O–H groups in total. The van der Waals surface area contributed by atoms with E-state index in [9.17, 15) is 5.11 Å². The monoisotopic (exact) mass is 192 g/mol. The number of aryl methyl sites for hydroxylation is 1. The molecule has 0 saturated heterocycles. The molecule has 1 nitrogen and oxygen atoms in total. The van der Waals surface area contributed by atoms with Gasteiger partial charge in [-0.15, -0.1) is 0 Å². The number of aliphatic hydroxyl groups is 1. The fourth-order valence-corrected chi connectivity index (χ4v) is 1.53. The fourth-order valence-electron chi connectivity index (χ4n) is 1.53. The molecule has 0 amide bonds. The molecule has 0 heterocycles. The van der Waals surface area contributed by atoms with E-state index in [1.165, 1.54) is 11.1 Å². The van der Waals surface area contributed by atoms with Crippen molar-refractivity contribution in [2.45, 2.75) is 33.6 Å². The second-order valence-electron chi connectivity index (χ2n) is 4.78. The van der Waals surface area contributed by atoms with Crippen molar-refractivity contribution in [3.05, 3.63) is 35.4 Å². The van der Waals surface area contributed by atoms with Crippen LogP contribution in [0.2, 0.25) is 0 Å². The minimum Gasteiger partial charge on any atom is -0.396 e. The molecule has 1 aromatic rings. The van der Waals surface area contributed by atoms with E-state index in [0.717, 1.165) is 0 Å². The van der Waals surface area contributed by atoms with Gasteiger partial charge in [0, 0.05) is 6.61 Å². The highest BCUT2D eigenvalue weighted by Gasteiger charge is 2.25. The van der Waals surface area contributed by atoms with E-state index < -0.39 is 0 Å². The zero-order valence-corrected chi connectivity index (χ0v) is 9.54. The average Bonchev–Trinajstić information content (AvgIpc) is 2.16. The Kier molecular flexibility index (Phi) is 3.33. The van der Waals surface area contributed by atoms with Crippen LogP contribution in [0.5, 0.6) is 0 Å². The van der Waals surface area contributed by atoms with Crippen LogP contribution >= 0.6 is 0 Å². The van der Waals surface area contributed by atoms with Gasteiger partial charge < -0.3 is 5.11 Å². The zero-order chi connectivity index (χ0) is 10.8. The summed E-state index contributed by atoms with van der Waals surface area (Å²) in [6, 6.07) is 8.51. The van der Waals surface area contributed by atoms with Crippen LogP contribution in [0.15, 0.2) is 24.3 Å². The predicted octanol–water partition coefficient (Wildman–Crippen LogP) is 3.12. The lowest BCUT2D eigenvalue weighted by molar-refractivity contribution is 0.136. The summed E-state index contributed by atoms with van der Waals surface area (Å²) in [5, 5.41) is 9.30. The van der Waals surface area contributed by atoms with E-state index in [1.54, 1.807) is 0 Å². The Morgan fingerprint density at radius 2 is 2.00 bits per heavy atom. The van der Waals surface area contributed by atoms with Gasteiger partial charge in [0.05, 0.1) is 0 Å². The van der Waals surface area contributed by atoms with Crippen LogP contribution < -0.4 is 0 Å². The van der Waals surface area contributed by atoms with Crippen molar-refractivity contribution in [3.8, 4) is 0 Å². The van der Waals surface area contributed by atoms with E-state index in [2.05, 4.69) is 52.0 Å². The van der Waals surface area contributed by atoms with Crippen LogP contribution in [0.4, 0.5) is 0 Å². The summed E-state index contributed by atoms with van der Waals surface area (Å²) >= 11 is 0. The summed E-state index contributed by atoms with van der Waals surface area (Å²) in [5.74, 6) is 0.382. The molecule has 1 heteroatoms. The van der Waals surface area contributed by atoms with Gasteiger partial charge in [0.2, 0.25) is 0 Å². The first-order valence-electron chi connectivity index (χ1n) is 5.15. The van der Waals surface area contributed by atoms with Crippen molar-refractivity contribution in [1.82, 2.24) is 0 Å². The molecule has 0 aromatic heterocycles. The van der Waals surface area contributed by atoms with Gasteiger partial charge in [0.15, 0.2) is 0 Å². The smallest absolute Gasteiger partial charge is 0.0487 e. The van der Waals surface area contributed by atoms with Crippen LogP contribution in [-0.4, -0.2) is 11.7 Å². The molecule has 0 aliphatic heterocycles. The Balaban J connectivity index is 2.94. The van der Waals surface area contributed by atoms with Gasteiger partial charge in [0.1, 0.15) is 0 Å². The molecule has 14 heavy (non-hydrogen) atoms. The zero-order valence-electron chi connectivity index (χ0n) is 9.54. The minimum absolute atomic E-state index is 0.0478. The maximum Gasteiger partial charge on any atom is 0.0487 e. The highest BCUT2D eigenvalue weighted by Crippen LogP contribution is 2.34. The highest BCUT2D eigenvalue weighted by atomic mass is 16.3. The van der Waals surface area contributed by atoms with Gasteiger partial charge >= 0.3 is 0 Å². The molecule has 1 atom stereocenters. The Bertz CT molecular complexity index is 302. The Labute approximate surface area is 86.8 Å². The van der Waals surface area contributed by atoms with Crippen molar-refractivity contribution < 1.29 is 5.11 Å². The maximum atomic E-state index is 9.30. The SMILES string of the molecule is Cc1cccc(C(C)C(C)(C)CO)c1. The molecule has 0 bridgehead atoms. The molecule has 1 rings (SSSR count). The molecule has 78 valence electrons. The summed E-state index contributed by atoms with van der Waals surface area (Å²) in [6.07, 6.45) is 0. The van der Waals surface area contributed by atoms with Crippen LogP contribution in [0.25, 0.3) is 0 Å². The van der Waals surface area contributed by atoms with Crippen molar-refractivity contribution in [2.75, 3.05) is 6.61 Å². The number of hydrogen-bond donors (Lipinski definition) is 1. The normalized spacial score (nSPS) is 14.1. The molecule has 1 aromatic carbocycles. The van der Waals surface area contributed by atoms with E-state index in [0.29, 0.717) is 5.92 Å². The summed E-state index contributed by atoms with van der Waals surface area (Å²) in [4.78, 5) is 0. The third-order valence-corrected chi connectivity index (χ3v) is 3.12. The lowest BCUT2D eigenvalue weighted by Gasteiger charge is -2.30. The molecule has 0 aliphatic rings. The summed E-state index contributed by atoms with van der Waals surface area (Å²) in [7, 11) is 0. The van der Waals surface area contributed by atoms with Crippen molar-refractivity contribution in [2.24, 2.45) is 5.41 Å². The van der Waals surface area contributed by atoms with Crippen molar-refractivity contribution in [1.29, 1.82) is 0 Å². The van der Waals surface area contributed by atoms with Gasteiger partial charge in [-0.2, -0.15) is 0 Å². The van der Waals surface area contributed by atoms with Gasteiger partial charge in [-0.3, -0.25) is 0 Å². The van der Waals surface area contributed by atoms with E-state index >= 15 is 0 Å².